The Balaban J connectivity index is 4.07. The van der Waals surface area contributed by atoms with E-state index in [1.54, 1.807) is 0 Å². The summed E-state index contributed by atoms with van der Waals surface area (Å²) in [7, 11) is 1.36. The number of esters is 1. The number of hydrogen-bond acceptors (Lipinski definition) is 7. The summed E-state index contributed by atoms with van der Waals surface area (Å²) in [5.41, 5.74) is 0. The van der Waals surface area contributed by atoms with Gasteiger partial charge in [0.15, 0.2) is 0 Å². The maximum Gasteiger partial charge on any atom is 0.306 e. The Morgan fingerprint density at radius 2 is 0.775 bits per heavy atom. The van der Waals surface area contributed by atoms with E-state index in [1.165, 1.54) is 199 Å². The van der Waals surface area contributed by atoms with Gasteiger partial charge in [0.1, 0.15) is 19.3 Å². The standard InChI is InChI=1S/C62H116NO7P/c1-6-8-10-12-14-16-18-20-22-24-26-28-30-31-32-34-36-38-40-42-44-46-48-50-52-54-57-67-59-61(60-69-71(65,66)68-58-56-63(3,4)5)70-62(64)55-53-51-49-47-45-43-41-39-37-35-33-29-27-25-23-21-19-17-15-13-11-9-7-2/h18-21,24-27,30-31,61H,6-17,22-23,28-29,32-60H2,1-5H3/b20-18-,21-19-,26-24-,27-25-,31-30-. The highest BCUT2D eigenvalue weighted by molar-refractivity contribution is 7.45. The Morgan fingerprint density at radius 1 is 0.437 bits per heavy atom. The van der Waals surface area contributed by atoms with Crippen LogP contribution in [-0.2, 0) is 27.9 Å². The number of quaternary nitrogens is 1. The van der Waals surface area contributed by atoms with Crippen molar-refractivity contribution in [3.05, 3.63) is 60.8 Å². The van der Waals surface area contributed by atoms with Crippen molar-refractivity contribution in [3.63, 3.8) is 0 Å². The Labute approximate surface area is 440 Å². The molecule has 0 aliphatic carbocycles. The lowest BCUT2D eigenvalue weighted by Gasteiger charge is -2.28. The van der Waals surface area contributed by atoms with E-state index < -0.39 is 13.9 Å². The SMILES string of the molecule is CCCCCCC/C=C\C/C=C\C/C=C\CCCCCCCCCCCCCOCC(COP(=O)([O-])OCC[N+](C)(C)C)OC(=O)CCCCCCCCCCCCC/C=C\C/C=C\CCCCCCC. The minimum absolute atomic E-state index is 0.0239. The summed E-state index contributed by atoms with van der Waals surface area (Å²) in [5, 5.41) is 0. The van der Waals surface area contributed by atoms with Crippen molar-refractivity contribution in [3.8, 4) is 0 Å². The molecular weight excluding hydrogens is 902 g/mol. The smallest absolute Gasteiger partial charge is 0.306 e. The summed E-state index contributed by atoms with van der Waals surface area (Å²) < 4.78 is 34.9. The molecular formula is C62H116NO7P. The van der Waals surface area contributed by atoms with Gasteiger partial charge in [-0.1, -0.05) is 242 Å². The van der Waals surface area contributed by atoms with Crippen molar-refractivity contribution in [1.82, 2.24) is 0 Å². The topological polar surface area (TPSA) is 94.1 Å². The molecule has 0 bridgehead atoms. The molecule has 0 spiro atoms. The van der Waals surface area contributed by atoms with Crippen LogP contribution in [0.4, 0.5) is 0 Å². The molecule has 0 radical (unpaired) electrons. The molecule has 71 heavy (non-hydrogen) atoms. The van der Waals surface area contributed by atoms with Crippen LogP contribution in [0.2, 0.25) is 0 Å². The molecule has 0 aromatic heterocycles. The van der Waals surface area contributed by atoms with Crippen LogP contribution in [0.3, 0.4) is 0 Å². The van der Waals surface area contributed by atoms with Crippen LogP contribution in [-0.4, -0.2) is 70.7 Å². The van der Waals surface area contributed by atoms with Gasteiger partial charge in [-0.3, -0.25) is 9.36 Å². The average Bonchev–Trinajstić information content (AvgIpc) is 3.33. The molecule has 0 aromatic carbocycles. The lowest BCUT2D eigenvalue weighted by molar-refractivity contribution is -0.870. The van der Waals surface area contributed by atoms with E-state index in [0.29, 0.717) is 24.1 Å². The molecule has 2 unspecified atom stereocenters. The fourth-order valence-electron chi connectivity index (χ4n) is 8.41. The molecule has 416 valence electrons. The van der Waals surface area contributed by atoms with Gasteiger partial charge >= 0.3 is 5.97 Å². The molecule has 2 atom stereocenters. The number of unbranched alkanes of at least 4 members (excludes halogenated alkanes) is 32. The third-order valence-electron chi connectivity index (χ3n) is 13.0. The fraction of sp³-hybridized carbons (Fsp3) is 0.823. The Kier molecular flexibility index (Phi) is 53.1. The second-order valence-electron chi connectivity index (χ2n) is 21.4. The predicted molar refractivity (Wildman–Crippen MR) is 305 cm³/mol. The summed E-state index contributed by atoms with van der Waals surface area (Å²) in [4.78, 5) is 25.3. The number of carbonyl (C=O) groups is 1. The third kappa shape index (κ3) is 59.0. The Morgan fingerprint density at radius 3 is 1.15 bits per heavy atom. The number of rotatable bonds is 56. The zero-order chi connectivity index (χ0) is 51.9. The van der Waals surface area contributed by atoms with Crippen LogP contribution in [0.15, 0.2) is 60.8 Å². The van der Waals surface area contributed by atoms with E-state index >= 15 is 0 Å². The highest BCUT2D eigenvalue weighted by Gasteiger charge is 2.20. The van der Waals surface area contributed by atoms with Crippen LogP contribution in [0.25, 0.3) is 0 Å². The molecule has 0 N–H and O–H groups in total. The number of carbonyl (C=O) groups excluding carboxylic acids is 1. The number of phosphoric ester groups is 1. The van der Waals surface area contributed by atoms with Gasteiger partial charge in [0.2, 0.25) is 0 Å². The molecule has 0 fully saturated rings. The maximum absolute atomic E-state index is 12.8. The largest absolute Gasteiger partial charge is 0.756 e. The van der Waals surface area contributed by atoms with Crippen molar-refractivity contribution < 1.29 is 37.3 Å². The highest BCUT2D eigenvalue weighted by atomic mass is 31.2. The first-order valence-corrected chi connectivity index (χ1v) is 31.5. The van der Waals surface area contributed by atoms with Gasteiger partial charge in [0, 0.05) is 13.0 Å². The zero-order valence-corrected chi connectivity index (χ0v) is 48.3. The molecule has 0 rings (SSSR count). The fourth-order valence-corrected chi connectivity index (χ4v) is 9.14. The molecule has 0 aliphatic rings. The lowest BCUT2D eigenvalue weighted by atomic mass is 10.0. The lowest BCUT2D eigenvalue weighted by Crippen LogP contribution is -2.37. The molecule has 0 amide bonds. The summed E-state index contributed by atoms with van der Waals surface area (Å²) in [6, 6.07) is 0. The van der Waals surface area contributed by atoms with Gasteiger partial charge in [-0.25, -0.2) is 0 Å². The van der Waals surface area contributed by atoms with Crippen LogP contribution in [0.5, 0.6) is 0 Å². The number of phosphoric acid groups is 1. The van der Waals surface area contributed by atoms with E-state index in [-0.39, 0.29) is 25.8 Å². The summed E-state index contributed by atoms with van der Waals surface area (Å²) in [6.45, 7) is 5.42. The van der Waals surface area contributed by atoms with Crippen LogP contribution in [0, 0.1) is 0 Å². The summed E-state index contributed by atoms with van der Waals surface area (Å²) in [6.07, 6.45) is 71.2. The molecule has 9 heteroatoms. The monoisotopic (exact) mass is 1020 g/mol. The second-order valence-corrected chi connectivity index (χ2v) is 22.8. The quantitative estimate of drug-likeness (QED) is 0.0197. The highest BCUT2D eigenvalue weighted by Crippen LogP contribution is 2.38. The Hall–Kier alpha value is -1.80. The van der Waals surface area contributed by atoms with Gasteiger partial charge in [0.25, 0.3) is 7.82 Å². The number of allylic oxidation sites excluding steroid dienone is 10. The molecule has 0 aliphatic heterocycles. The minimum atomic E-state index is -4.54. The number of nitrogens with zero attached hydrogens (tertiary/aromatic N) is 1. The van der Waals surface area contributed by atoms with Gasteiger partial charge in [-0.2, -0.15) is 0 Å². The number of ether oxygens (including phenoxy) is 2. The molecule has 0 aromatic rings. The van der Waals surface area contributed by atoms with Crippen LogP contribution < -0.4 is 4.89 Å². The molecule has 0 heterocycles. The maximum atomic E-state index is 12.8. The van der Waals surface area contributed by atoms with Crippen LogP contribution in [0.1, 0.15) is 271 Å². The number of hydrogen-bond donors (Lipinski definition) is 0. The third-order valence-corrected chi connectivity index (χ3v) is 14.0. The number of likely N-dealkylation sites (N-methyl/N-ethyl adjacent to an activating group) is 1. The van der Waals surface area contributed by atoms with Gasteiger partial charge < -0.3 is 27.9 Å². The van der Waals surface area contributed by atoms with Crippen molar-refractivity contribution in [1.29, 1.82) is 0 Å². The van der Waals surface area contributed by atoms with Crippen molar-refractivity contribution in [2.75, 3.05) is 54.1 Å². The first-order valence-electron chi connectivity index (χ1n) is 30.0. The van der Waals surface area contributed by atoms with E-state index in [2.05, 4.69) is 74.6 Å². The van der Waals surface area contributed by atoms with E-state index in [0.717, 1.165) is 51.4 Å². The van der Waals surface area contributed by atoms with E-state index in [9.17, 15) is 14.3 Å². The molecule has 0 saturated heterocycles. The predicted octanol–water partition coefficient (Wildman–Crippen LogP) is 18.5. The summed E-state index contributed by atoms with van der Waals surface area (Å²) in [5.74, 6) is -0.335. The second kappa shape index (κ2) is 54.5. The van der Waals surface area contributed by atoms with E-state index in [4.69, 9.17) is 18.5 Å². The first-order chi connectivity index (χ1) is 34.6. The van der Waals surface area contributed by atoms with E-state index in [1.807, 2.05) is 21.1 Å². The van der Waals surface area contributed by atoms with Gasteiger partial charge in [-0.05, 0) is 83.5 Å². The first kappa shape index (κ1) is 69.2. The average molecular weight is 1020 g/mol. The zero-order valence-electron chi connectivity index (χ0n) is 47.4. The van der Waals surface area contributed by atoms with Crippen molar-refractivity contribution in [2.45, 2.75) is 277 Å². The van der Waals surface area contributed by atoms with Gasteiger partial charge in [0.05, 0.1) is 34.4 Å². The Bertz CT molecular complexity index is 1320. The molecule has 8 nitrogen and oxygen atoms in total. The summed E-state index contributed by atoms with van der Waals surface area (Å²) >= 11 is 0. The van der Waals surface area contributed by atoms with Crippen molar-refractivity contribution in [2.24, 2.45) is 0 Å². The van der Waals surface area contributed by atoms with Crippen LogP contribution >= 0.6 is 7.82 Å². The normalized spacial score (nSPS) is 13.8. The van der Waals surface area contributed by atoms with Gasteiger partial charge in [-0.15, -0.1) is 0 Å². The van der Waals surface area contributed by atoms with Crippen molar-refractivity contribution >= 4 is 13.8 Å². The minimum Gasteiger partial charge on any atom is -0.756 e. The molecule has 0 saturated carbocycles.